The quantitative estimate of drug-likeness (QED) is 0.690. The summed E-state index contributed by atoms with van der Waals surface area (Å²) < 4.78 is 1.93. The third-order valence-corrected chi connectivity index (χ3v) is 4.04. The second-order valence-corrected chi connectivity index (χ2v) is 5.51. The summed E-state index contributed by atoms with van der Waals surface area (Å²) in [7, 11) is 0. The topological polar surface area (TPSA) is 87.0 Å². The average Bonchev–Trinajstić information content (AvgIpc) is 2.90. The summed E-state index contributed by atoms with van der Waals surface area (Å²) in [6.07, 6.45) is 7.81. The van der Waals surface area contributed by atoms with Gasteiger partial charge < -0.3 is 5.73 Å². The Hall–Kier alpha value is -2.37. The molecule has 0 unspecified atom stereocenters. The lowest BCUT2D eigenvalue weighted by Gasteiger charge is -2.21. The van der Waals surface area contributed by atoms with Crippen molar-refractivity contribution in [2.75, 3.05) is 5.73 Å². The van der Waals surface area contributed by atoms with E-state index in [9.17, 15) is 10.1 Å². The van der Waals surface area contributed by atoms with Gasteiger partial charge in [-0.25, -0.2) is 0 Å². The van der Waals surface area contributed by atoms with Crippen LogP contribution in [0.3, 0.4) is 0 Å². The maximum Gasteiger partial charge on any atom is 0.270 e. The molecule has 1 aliphatic rings. The molecular formula is C15H18N4O2. The van der Waals surface area contributed by atoms with E-state index in [1.54, 1.807) is 12.1 Å². The van der Waals surface area contributed by atoms with Gasteiger partial charge in [-0.1, -0.05) is 31.4 Å². The van der Waals surface area contributed by atoms with Crippen LogP contribution in [0.25, 0.3) is 11.3 Å². The van der Waals surface area contributed by atoms with Crippen molar-refractivity contribution in [3.05, 3.63) is 40.6 Å². The molecule has 2 N–H and O–H groups in total. The molecule has 1 aliphatic carbocycles. The largest absolute Gasteiger partial charge is 0.396 e. The van der Waals surface area contributed by atoms with Crippen LogP contribution in [0.2, 0.25) is 0 Å². The summed E-state index contributed by atoms with van der Waals surface area (Å²) >= 11 is 0. The summed E-state index contributed by atoms with van der Waals surface area (Å²) in [5.41, 5.74) is 8.00. The second kappa shape index (κ2) is 5.55. The minimum Gasteiger partial charge on any atom is -0.396 e. The highest BCUT2D eigenvalue weighted by atomic mass is 16.6. The lowest BCUT2D eigenvalue weighted by Crippen LogP contribution is -2.13. The molecule has 1 heterocycles. The zero-order valence-corrected chi connectivity index (χ0v) is 11.7. The van der Waals surface area contributed by atoms with Gasteiger partial charge in [0.05, 0.1) is 16.7 Å². The third kappa shape index (κ3) is 2.74. The highest BCUT2D eigenvalue weighted by Gasteiger charge is 2.19. The molecule has 6 nitrogen and oxygen atoms in total. The molecule has 0 atom stereocenters. The number of hydrogen-bond donors (Lipinski definition) is 1. The number of nitro benzene ring substituents is 1. The lowest BCUT2D eigenvalue weighted by atomic mass is 9.96. The number of rotatable bonds is 3. The summed E-state index contributed by atoms with van der Waals surface area (Å²) in [4.78, 5) is 10.5. The Morgan fingerprint density at radius 2 is 2.05 bits per heavy atom. The Labute approximate surface area is 122 Å². The van der Waals surface area contributed by atoms with E-state index >= 15 is 0 Å². The first-order valence-corrected chi connectivity index (χ1v) is 7.24. The Morgan fingerprint density at radius 3 is 2.76 bits per heavy atom. The van der Waals surface area contributed by atoms with E-state index in [2.05, 4.69) is 5.10 Å². The highest BCUT2D eigenvalue weighted by molar-refractivity contribution is 5.73. The maximum absolute atomic E-state index is 10.9. The van der Waals surface area contributed by atoms with E-state index in [-0.39, 0.29) is 5.69 Å². The van der Waals surface area contributed by atoms with E-state index in [0.29, 0.717) is 23.0 Å². The first kappa shape index (κ1) is 13.6. The third-order valence-electron chi connectivity index (χ3n) is 4.04. The smallest absolute Gasteiger partial charge is 0.270 e. The van der Waals surface area contributed by atoms with E-state index in [1.807, 2.05) is 10.9 Å². The van der Waals surface area contributed by atoms with Crippen LogP contribution in [-0.4, -0.2) is 14.7 Å². The molecule has 1 aromatic heterocycles. The summed E-state index contributed by atoms with van der Waals surface area (Å²) in [6, 6.07) is 6.85. The highest BCUT2D eigenvalue weighted by Crippen LogP contribution is 2.32. The molecule has 110 valence electrons. The second-order valence-electron chi connectivity index (χ2n) is 5.51. The molecule has 0 aliphatic heterocycles. The van der Waals surface area contributed by atoms with Gasteiger partial charge in [0, 0.05) is 23.9 Å². The van der Waals surface area contributed by atoms with Crippen LogP contribution in [0.15, 0.2) is 30.5 Å². The van der Waals surface area contributed by atoms with Crippen molar-refractivity contribution in [2.45, 2.75) is 38.1 Å². The van der Waals surface area contributed by atoms with Gasteiger partial charge in [-0.3, -0.25) is 14.8 Å². The number of non-ortho nitro benzene ring substituents is 1. The van der Waals surface area contributed by atoms with Crippen LogP contribution >= 0.6 is 0 Å². The molecular weight excluding hydrogens is 268 g/mol. The molecule has 0 bridgehead atoms. The number of nitrogen functional groups attached to an aromatic ring is 1. The number of hydrogen-bond acceptors (Lipinski definition) is 4. The van der Waals surface area contributed by atoms with Crippen molar-refractivity contribution in [1.29, 1.82) is 0 Å². The summed E-state index contributed by atoms with van der Waals surface area (Å²) in [6.45, 7) is 0. The number of nitro groups is 1. The van der Waals surface area contributed by atoms with Crippen molar-refractivity contribution >= 4 is 11.4 Å². The zero-order valence-electron chi connectivity index (χ0n) is 11.7. The fraction of sp³-hybridized carbons (Fsp3) is 0.400. The van der Waals surface area contributed by atoms with Crippen molar-refractivity contribution < 1.29 is 4.92 Å². The van der Waals surface area contributed by atoms with E-state index in [4.69, 9.17) is 5.73 Å². The van der Waals surface area contributed by atoms with Crippen molar-refractivity contribution in [3.8, 4) is 11.3 Å². The predicted molar refractivity (Wildman–Crippen MR) is 80.9 cm³/mol. The standard InChI is InChI=1S/C15H18N4O2/c16-14-10-18(12-6-2-1-3-7-12)17-15(14)11-5-4-8-13(9-11)19(20)21/h4-5,8-10,12H,1-3,6-7,16H2. The molecule has 1 aromatic carbocycles. The molecule has 0 spiro atoms. The first-order valence-electron chi connectivity index (χ1n) is 7.24. The molecule has 1 fully saturated rings. The Balaban J connectivity index is 1.93. The Kier molecular flexibility index (Phi) is 3.60. The van der Waals surface area contributed by atoms with Gasteiger partial charge in [-0.2, -0.15) is 5.10 Å². The van der Waals surface area contributed by atoms with Gasteiger partial charge in [0.2, 0.25) is 0 Å². The van der Waals surface area contributed by atoms with Gasteiger partial charge >= 0.3 is 0 Å². The normalized spacial score (nSPS) is 16.0. The van der Waals surface area contributed by atoms with E-state index in [0.717, 1.165) is 12.8 Å². The molecule has 21 heavy (non-hydrogen) atoms. The van der Waals surface area contributed by atoms with Crippen molar-refractivity contribution in [1.82, 2.24) is 9.78 Å². The monoisotopic (exact) mass is 286 g/mol. The fourth-order valence-corrected chi connectivity index (χ4v) is 2.93. The van der Waals surface area contributed by atoms with Crippen LogP contribution < -0.4 is 5.73 Å². The Morgan fingerprint density at radius 1 is 1.29 bits per heavy atom. The van der Waals surface area contributed by atoms with E-state index in [1.165, 1.54) is 31.4 Å². The van der Waals surface area contributed by atoms with Crippen LogP contribution in [0.1, 0.15) is 38.1 Å². The van der Waals surface area contributed by atoms with Crippen LogP contribution in [-0.2, 0) is 0 Å². The van der Waals surface area contributed by atoms with Crippen molar-refractivity contribution in [3.63, 3.8) is 0 Å². The average molecular weight is 286 g/mol. The molecule has 0 amide bonds. The molecule has 0 saturated heterocycles. The summed E-state index contributed by atoms with van der Waals surface area (Å²) in [5, 5.41) is 15.4. The van der Waals surface area contributed by atoms with Crippen molar-refractivity contribution in [2.24, 2.45) is 0 Å². The molecule has 2 aromatic rings. The van der Waals surface area contributed by atoms with Gasteiger partial charge in [-0.15, -0.1) is 0 Å². The minimum absolute atomic E-state index is 0.0547. The van der Waals surface area contributed by atoms with Crippen LogP contribution in [0.5, 0.6) is 0 Å². The predicted octanol–water partition coefficient (Wildman–Crippen LogP) is 3.55. The number of nitrogens with zero attached hydrogens (tertiary/aromatic N) is 3. The van der Waals surface area contributed by atoms with Gasteiger partial charge in [0.25, 0.3) is 5.69 Å². The van der Waals surface area contributed by atoms with Gasteiger partial charge in [0.1, 0.15) is 5.69 Å². The van der Waals surface area contributed by atoms with E-state index < -0.39 is 4.92 Å². The number of aromatic nitrogens is 2. The van der Waals surface area contributed by atoms with Crippen LogP contribution in [0, 0.1) is 10.1 Å². The Bertz CT molecular complexity index is 659. The SMILES string of the molecule is Nc1cn(C2CCCCC2)nc1-c1cccc([N+](=O)[O-])c1. The van der Waals surface area contributed by atoms with Gasteiger partial charge in [-0.05, 0) is 12.8 Å². The van der Waals surface area contributed by atoms with Gasteiger partial charge in [0.15, 0.2) is 0 Å². The fourth-order valence-electron chi connectivity index (χ4n) is 2.93. The van der Waals surface area contributed by atoms with Crippen LogP contribution in [0.4, 0.5) is 11.4 Å². The molecule has 0 radical (unpaired) electrons. The number of nitrogens with two attached hydrogens (primary N) is 1. The summed E-state index contributed by atoms with van der Waals surface area (Å²) in [5.74, 6) is 0. The number of benzene rings is 1. The minimum atomic E-state index is -0.405. The zero-order chi connectivity index (χ0) is 14.8. The molecule has 3 rings (SSSR count). The first-order chi connectivity index (χ1) is 10.1. The molecule has 1 saturated carbocycles. The number of anilines is 1. The lowest BCUT2D eigenvalue weighted by molar-refractivity contribution is -0.384. The molecule has 6 heteroatoms. The maximum atomic E-state index is 10.9.